The van der Waals surface area contributed by atoms with Gasteiger partial charge in [-0.3, -0.25) is 4.90 Å². The predicted molar refractivity (Wildman–Crippen MR) is 172 cm³/mol. The number of nitrogens with one attached hydrogen (secondary N) is 1. The molecule has 2 N–H and O–H groups in total. The standard InChI is InChI=1S/C35H40N4O3S/c1-27(2)22-39(43(41,42)31-18-19-32-33(21-31)37-26-36-32)25-35(40)34(20-28-12-6-3-7-13-28)38(23-29-14-8-4-9-15-29)24-30-16-10-5-11-17-30/h3-19,21,26-27,34-35,40H,20,22-25H2,1-2H3,(H,36,37)/t34-,35+/m0/s1. The normalized spacial score (nSPS) is 13.6. The smallest absolute Gasteiger partial charge is 0.243 e. The topological polar surface area (TPSA) is 89.5 Å². The van der Waals surface area contributed by atoms with Gasteiger partial charge in [-0.05, 0) is 47.2 Å². The predicted octanol–water partition coefficient (Wildman–Crippen LogP) is 5.88. The van der Waals surface area contributed by atoms with Crippen molar-refractivity contribution in [1.82, 2.24) is 19.2 Å². The van der Waals surface area contributed by atoms with Gasteiger partial charge in [0.15, 0.2) is 0 Å². The van der Waals surface area contributed by atoms with Crippen molar-refractivity contribution in [2.75, 3.05) is 13.1 Å². The van der Waals surface area contributed by atoms with Crippen molar-refractivity contribution in [2.24, 2.45) is 5.92 Å². The second-order valence-corrected chi connectivity index (χ2v) is 13.4. The molecule has 1 heterocycles. The van der Waals surface area contributed by atoms with Gasteiger partial charge in [0, 0.05) is 32.2 Å². The van der Waals surface area contributed by atoms with Crippen molar-refractivity contribution in [3.05, 3.63) is 132 Å². The molecule has 0 fully saturated rings. The summed E-state index contributed by atoms with van der Waals surface area (Å²) in [6.45, 7) is 5.46. The summed E-state index contributed by atoms with van der Waals surface area (Å²) in [4.78, 5) is 9.69. The highest BCUT2D eigenvalue weighted by atomic mass is 32.2. The number of aromatic nitrogens is 2. The van der Waals surface area contributed by atoms with Crippen LogP contribution in [0.4, 0.5) is 0 Å². The summed E-state index contributed by atoms with van der Waals surface area (Å²) in [5.74, 6) is 0.0650. The molecule has 0 bridgehead atoms. The third-order valence-electron chi connectivity index (χ3n) is 7.65. The zero-order valence-corrected chi connectivity index (χ0v) is 25.6. The van der Waals surface area contributed by atoms with Crippen molar-refractivity contribution in [3.8, 4) is 0 Å². The van der Waals surface area contributed by atoms with Crippen LogP contribution in [0, 0.1) is 5.92 Å². The molecule has 0 amide bonds. The minimum atomic E-state index is -3.90. The Balaban J connectivity index is 1.50. The molecule has 0 spiro atoms. The molecular weight excluding hydrogens is 556 g/mol. The van der Waals surface area contributed by atoms with Crippen molar-refractivity contribution in [1.29, 1.82) is 0 Å². The Labute approximate surface area is 254 Å². The van der Waals surface area contributed by atoms with Gasteiger partial charge >= 0.3 is 0 Å². The van der Waals surface area contributed by atoms with Crippen molar-refractivity contribution < 1.29 is 13.5 Å². The minimum absolute atomic E-state index is 0.0287. The number of aliphatic hydroxyl groups excluding tert-OH is 1. The molecule has 2 atom stereocenters. The lowest BCUT2D eigenvalue weighted by Crippen LogP contribution is -2.50. The van der Waals surface area contributed by atoms with Crippen LogP contribution >= 0.6 is 0 Å². The van der Waals surface area contributed by atoms with E-state index in [1.54, 1.807) is 24.5 Å². The first-order valence-corrected chi connectivity index (χ1v) is 16.2. The number of benzene rings is 4. The molecule has 4 aromatic carbocycles. The van der Waals surface area contributed by atoms with Crippen molar-refractivity contribution >= 4 is 21.1 Å². The van der Waals surface area contributed by atoms with E-state index in [0.29, 0.717) is 30.5 Å². The lowest BCUT2D eigenvalue weighted by atomic mass is 9.97. The number of nitrogens with zero attached hydrogens (tertiary/aromatic N) is 3. The van der Waals surface area contributed by atoms with Crippen LogP contribution in [0.3, 0.4) is 0 Å². The maximum Gasteiger partial charge on any atom is 0.243 e. The number of rotatable bonds is 14. The fourth-order valence-electron chi connectivity index (χ4n) is 5.52. The first-order valence-electron chi connectivity index (χ1n) is 14.8. The molecule has 0 aliphatic heterocycles. The molecule has 0 aliphatic rings. The fourth-order valence-corrected chi connectivity index (χ4v) is 7.17. The summed E-state index contributed by atoms with van der Waals surface area (Å²) in [5.41, 5.74) is 4.70. The van der Waals surface area contributed by atoms with Gasteiger partial charge in [-0.1, -0.05) is 105 Å². The van der Waals surface area contributed by atoms with Crippen LogP contribution in [0.1, 0.15) is 30.5 Å². The number of aliphatic hydroxyl groups is 1. The lowest BCUT2D eigenvalue weighted by molar-refractivity contribution is 0.0273. The highest BCUT2D eigenvalue weighted by Crippen LogP contribution is 2.25. The summed E-state index contributed by atoms with van der Waals surface area (Å²) in [7, 11) is -3.90. The fraction of sp³-hybridized carbons (Fsp3) is 0.286. The highest BCUT2D eigenvalue weighted by molar-refractivity contribution is 7.89. The third-order valence-corrected chi connectivity index (χ3v) is 9.47. The van der Waals surface area contributed by atoms with Gasteiger partial charge in [0.1, 0.15) is 0 Å². The quantitative estimate of drug-likeness (QED) is 0.167. The van der Waals surface area contributed by atoms with E-state index in [1.807, 2.05) is 68.4 Å². The molecule has 0 unspecified atom stereocenters. The highest BCUT2D eigenvalue weighted by Gasteiger charge is 2.33. The first-order chi connectivity index (χ1) is 20.8. The Kier molecular flexibility index (Phi) is 10.0. The molecule has 0 saturated carbocycles. The maximum absolute atomic E-state index is 14.1. The van der Waals surface area contributed by atoms with E-state index in [9.17, 15) is 13.5 Å². The molecule has 1 aromatic heterocycles. The van der Waals surface area contributed by atoms with Gasteiger partial charge in [0.05, 0.1) is 28.4 Å². The number of aromatic amines is 1. The van der Waals surface area contributed by atoms with Crippen LogP contribution in [-0.4, -0.2) is 57.9 Å². The van der Waals surface area contributed by atoms with Gasteiger partial charge in [-0.2, -0.15) is 4.31 Å². The number of hydrogen-bond donors (Lipinski definition) is 2. The number of fused-ring (bicyclic) bond motifs is 1. The van der Waals surface area contributed by atoms with E-state index in [-0.39, 0.29) is 29.9 Å². The number of hydrogen-bond acceptors (Lipinski definition) is 5. The molecule has 7 nitrogen and oxygen atoms in total. The Morgan fingerprint density at radius 3 is 1.88 bits per heavy atom. The second kappa shape index (κ2) is 14.1. The lowest BCUT2D eigenvalue weighted by Gasteiger charge is -2.37. The van der Waals surface area contributed by atoms with Crippen molar-refractivity contribution in [3.63, 3.8) is 0 Å². The van der Waals surface area contributed by atoms with Crippen LogP contribution in [-0.2, 0) is 29.5 Å². The Morgan fingerprint density at radius 1 is 0.767 bits per heavy atom. The van der Waals surface area contributed by atoms with Gasteiger partial charge in [-0.15, -0.1) is 0 Å². The molecule has 5 rings (SSSR count). The molecule has 224 valence electrons. The van der Waals surface area contributed by atoms with E-state index >= 15 is 0 Å². The zero-order chi connectivity index (χ0) is 30.2. The average Bonchev–Trinajstić information content (AvgIpc) is 3.49. The molecule has 43 heavy (non-hydrogen) atoms. The van der Waals surface area contributed by atoms with Crippen LogP contribution < -0.4 is 0 Å². The summed E-state index contributed by atoms with van der Waals surface area (Å²) >= 11 is 0. The molecule has 0 saturated heterocycles. The number of imidazole rings is 1. The SMILES string of the molecule is CC(C)CN(C[C@@H](O)[C@H](Cc1ccccc1)N(Cc1ccccc1)Cc1ccccc1)S(=O)(=O)c1ccc2nc[nH]c2c1. The van der Waals surface area contributed by atoms with Crippen LogP contribution in [0.5, 0.6) is 0 Å². The molecule has 5 aromatic rings. The van der Waals surface area contributed by atoms with E-state index < -0.39 is 16.1 Å². The first kappa shape index (κ1) is 30.6. The Hall–Kier alpha value is -3.82. The number of H-pyrrole nitrogens is 1. The molecular formula is C35H40N4O3S. The Morgan fingerprint density at radius 2 is 1.33 bits per heavy atom. The largest absolute Gasteiger partial charge is 0.390 e. The number of sulfonamides is 1. The molecule has 0 radical (unpaired) electrons. The second-order valence-electron chi connectivity index (χ2n) is 11.5. The average molecular weight is 597 g/mol. The van der Waals surface area contributed by atoms with Gasteiger partial charge in [0.2, 0.25) is 10.0 Å². The molecule has 8 heteroatoms. The summed E-state index contributed by atoms with van der Waals surface area (Å²) in [6, 6.07) is 35.1. The third kappa shape index (κ3) is 7.97. The van der Waals surface area contributed by atoms with E-state index in [0.717, 1.165) is 16.7 Å². The van der Waals surface area contributed by atoms with Gasteiger partial charge in [0.25, 0.3) is 0 Å². The maximum atomic E-state index is 14.1. The van der Waals surface area contributed by atoms with E-state index in [4.69, 9.17) is 0 Å². The molecule has 0 aliphatic carbocycles. The van der Waals surface area contributed by atoms with E-state index in [1.165, 1.54) is 4.31 Å². The van der Waals surface area contributed by atoms with Gasteiger partial charge in [-0.25, -0.2) is 13.4 Å². The summed E-state index contributed by atoms with van der Waals surface area (Å²) in [5, 5.41) is 12.1. The van der Waals surface area contributed by atoms with Crippen molar-refractivity contribution in [2.45, 2.75) is 50.4 Å². The summed E-state index contributed by atoms with van der Waals surface area (Å²) < 4.78 is 29.6. The minimum Gasteiger partial charge on any atom is -0.390 e. The summed E-state index contributed by atoms with van der Waals surface area (Å²) in [6.07, 6.45) is 1.16. The zero-order valence-electron chi connectivity index (χ0n) is 24.8. The van der Waals surface area contributed by atoms with Gasteiger partial charge < -0.3 is 10.1 Å². The van der Waals surface area contributed by atoms with Crippen LogP contribution in [0.15, 0.2) is 120 Å². The Bertz CT molecular complexity index is 1630. The monoisotopic (exact) mass is 596 g/mol. The van der Waals surface area contributed by atoms with Crippen LogP contribution in [0.2, 0.25) is 0 Å². The van der Waals surface area contributed by atoms with Crippen LogP contribution in [0.25, 0.3) is 11.0 Å². The van der Waals surface area contributed by atoms with E-state index in [2.05, 4.69) is 51.3 Å².